The molecule has 2 aromatic rings. The first-order valence-corrected chi connectivity index (χ1v) is 6.77. The summed E-state index contributed by atoms with van der Waals surface area (Å²) < 4.78 is 5.20. The van der Waals surface area contributed by atoms with Crippen LogP contribution in [-0.4, -0.2) is 18.3 Å². The van der Waals surface area contributed by atoms with Gasteiger partial charge in [-0.15, -0.1) is 11.3 Å². The molecule has 8 heteroatoms. The highest BCUT2D eigenvalue weighted by atomic mass is 35.5. The minimum atomic E-state index is 0.426. The molecule has 5 nitrogen and oxygen atoms in total. The number of anilines is 2. The van der Waals surface area contributed by atoms with E-state index in [9.17, 15) is 0 Å². The molecule has 0 spiro atoms. The lowest BCUT2D eigenvalue weighted by atomic mass is 10.2. The summed E-state index contributed by atoms with van der Waals surface area (Å²) in [6.45, 7) is 0. The minimum Gasteiger partial charge on any atom is -0.495 e. The van der Waals surface area contributed by atoms with Gasteiger partial charge in [-0.3, -0.25) is 5.43 Å². The van der Waals surface area contributed by atoms with Gasteiger partial charge in [-0.1, -0.05) is 23.2 Å². The molecular weight excluding hydrogens is 307 g/mol. The molecule has 19 heavy (non-hydrogen) atoms. The van der Waals surface area contributed by atoms with Crippen LogP contribution < -0.4 is 15.9 Å². The van der Waals surface area contributed by atoms with Crippen molar-refractivity contribution in [3.8, 4) is 5.75 Å². The number of halogens is 2. The first-order chi connectivity index (χ1) is 9.10. The molecule has 0 aliphatic carbocycles. The maximum atomic E-state index is 6.02. The molecule has 0 aliphatic heterocycles. The van der Waals surface area contributed by atoms with E-state index in [-0.39, 0.29) is 0 Å². The highest BCUT2D eigenvalue weighted by molar-refractivity contribution is 7.14. The van der Waals surface area contributed by atoms with Gasteiger partial charge in [-0.2, -0.15) is 5.10 Å². The van der Waals surface area contributed by atoms with Crippen molar-refractivity contribution in [3.05, 3.63) is 33.1 Å². The Labute approximate surface area is 124 Å². The summed E-state index contributed by atoms with van der Waals surface area (Å²) in [6, 6.07) is 3.31. The summed E-state index contributed by atoms with van der Waals surface area (Å²) in [4.78, 5) is 4.01. The predicted molar refractivity (Wildman–Crippen MR) is 80.8 cm³/mol. The first kappa shape index (κ1) is 13.9. The van der Waals surface area contributed by atoms with E-state index in [4.69, 9.17) is 33.7 Å². The lowest BCUT2D eigenvalue weighted by Crippen LogP contribution is -1.95. The third-order valence-corrected chi connectivity index (χ3v) is 3.39. The molecular formula is C11H10Cl2N4OS. The largest absolute Gasteiger partial charge is 0.495 e. The second-order valence-corrected chi connectivity index (χ2v) is 5.16. The Kier molecular flexibility index (Phi) is 4.47. The van der Waals surface area contributed by atoms with Crippen LogP contribution >= 0.6 is 34.5 Å². The summed E-state index contributed by atoms with van der Waals surface area (Å²) in [5, 5.41) is 7.28. The molecule has 0 amide bonds. The number of hydrogen-bond acceptors (Lipinski definition) is 6. The number of rotatable bonds is 4. The van der Waals surface area contributed by atoms with Crippen molar-refractivity contribution in [1.29, 1.82) is 0 Å². The number of thiazole rings is 1. The van der Waals surface area contributed by atoms with E-state index >= 15 is 0 Å². The molecule has 0 unspecified atom stereocenters. The maximum Gasteiger partial charge on any atom is 0.205 e. The van der Waals surface area contributed by atoms with Gasteiger partial charge in [0, 0.05) is 16.0 Å². The number of benzene rings is 1. The van der Waals surface area contributed by atoms with Crippen molar-refractivity contribution in [1.82, 2.24) is 4.98 Å². The number of nitrogens with two attached hydrogens (primary N) is 1. The van der Waals surface area contributed by atoms with E-state index in [0.29, 0.717) is 32.3 Å². The third kappa shape index (κ3) is 3.50. The van der Waals surface area contributed by atoms with Gasteiger partial charge in [0.05, 0.1) is 18.3 Å². The average Bonchev–Trinajstić information content (AvgIpc) is 2.74. The second kappa shape index (κ2) is 6.10. The Bertz CT molecular complexity index is 615. The summed E-state index contributed by atoms with van der Waals surface area (Å²) in [5.41, 5.74) is 8.92. The van der Waals surface area contributed by atoms with Crippen LogP contribution in [0.5, 0.6) is 5.75 Å². The molecule has 0 atom stereocenters. The molecule has 1 aromatic heterocycles. The van der Waals surface area contributed by atoms with Crippen molar-refractivity contribution in [2.45, 2.75) is 0 Å². The highest BCUT2D eigenvalue weighted by Gasteiger charge is 2.08. The molecule has 0 bridgehead atoms. The van der Waals surface area contributed by atoms with Crippen molar-refractivity contribution in [2.75, 3.05) is 18.3 Å². The van der Waals surface area contributed by atoms with Crippen LogP contribution in [0.2, 0.25) is 10.0 Å². The van der Waals surface area contributed by atoms with E-state index in [1.54, 1.807) is 23.7 Å². The molecule has 100 valence electrons. The fourth-order valence-electron chi connectivity index (χ4n) is 1.39. The van der Waals surface area contributed by atoms with Crippen LogP contribution in [0.3, 0.4) is 0 Å². The Morgan fingerprint density at radius 3 is 2.89 bits per heavy atom. The predicted octanol–water partition coefficient (Wildman–Crippen LogP) is 3.49. The van der Waals surface area contributed by atoms with E-state index < -0.39 is 0 Å². The molecule has 2 rings (SSSR count). The van der Waals surface area contributed by atoms with E-state index in [2.05, 4.69) is 15.5 Å². The van der Waals surface area contributed by atoms with E-state index in [0.717, 1.165) is 0 Å². The Hall–Kier alpha value is -1.50. The van der Waals surface area contributed by atoms with Gasteiger partial charge in [0.15, 0.2) is 0 Å². The topological polar surface area (TPSA) is 72.5 Å². The molecule has 0 aliphatic rings. The molecule has 0 saturated heterocycles. The van der Waals surface area contributed by atoms with Crippen LogP contribution in [0.1, 0.15) is 5.56 Å². The van der Waals surface area contributed by atoms with Crippen LogP contribution in [-0.2, 0) is 0 Å². The van der Waals surface area contributed by atoms with Gasteiger partial charge in [0.25, 0.3) is 0 Å². The Balaban J connectivity index is 2.18. The summed E-state index contributed by atoms with van der Waals surface area (Å²) in [7, 11) is 1.53. The SMILES string of the molecule is COc1c(Cl)cc(Cl)cc1C=NNc1nc(N)cs1. The minimum absolute atomic E-state index is 0.426. The van der Waals surface area contributed by atoms with Crippen LogP contribution in [0.4, 0.5) is 10.9 Å². The third-order valence-electron chi connectivity index (χ3n) is 2.13. The zero-order valence-corrected chi connectivity index (χ0v) is 12.2. The number of nitrogens with one attached hydrogen (secondary N) is 1. The smallest absolute Gasteiger partial charge is 0.205 e. The molecule has 0 saturated carbocycles. The summed E-state index contributed by atoms with van der Waals surface area (Å²) >= 11 is 13.3. The summed E-state index contributed by atoms with van der Waals surface area (Å²) in [5.74, 6) is 0.960. The Morgan fingerprint density at radius 1 is 1.47 bits per heavy atom. The lowest BCUT2D eigenvalue weighted by Gasteiger charge is -2.07. The zero-order valence-electron chi connectivity index (χ0n) is 9.85. The Morgan fingerprint density at radius 2 is 2.26 bits per heavy atom. The van der Waals surface area contributed by atoms with Gasteiger partial charge >= 0.3 is 0 Å². The van der Waals surface area contributed by atoms with Crippen molar-refractivity contribution in [3.63, 3.8) is 0 Å². The molecule has 3 N–H and O–H groups in total. The van der Waals surface area contributed by atoms with E-state index in [1.807, 2.05) is 0 Å². The first-order valence-electron chi connectivity index (χ1n) is 5.13. The van der Waals surface area contributed by atoms with Crippen LogP contribution in [0, 0.1) is 0 Å². The number of aromatic nitrogens is 1. The molecule has 0 radical (unpaired) electrons. The fraction of sp³-hybridized carbons (Fsp3) is 0.0909. The number of ether oxygens (including phenoxy) is 1. The van der Waals surface area contributed by atoms with Gasteiger partial charge < -0.3 is 10.5 Å². The quantitative estimate of drug-likeness (QED) is 0.669. The number of methoxy groups -OCH3 is 1. The molecule has 1 heterocycles. The van der Waals surface area contributed by atoms with Crippen molar-refractivity contribution in [2.24, 2.45) is 5.10 Å². The van der Waals surface area contributed by atoms with Crippen molar-refractivity contribution < 1.29 is 4.74 Å². The maximum absolute atomic E-state index is 6.02. The normalized spacial score (nSPS) is 10.9. The summed E-state index contributed by atoms with van der Waals surface area (Å²) in [6.07, 6.45) is 1.55. The van der Waals surface area contributed by atoms with Crippen molar-refractivity contribution >= 4 is 51.7 Å². The molecule has 0 fully saturated rings. The number of hydrogen-bond donors (Lipinski definition) is 2. The van der Waals surface area contributed by atoms with Crippen LogP contribution in [0.15, 0.2) is 22.6 Å². The monoisotopic (exact) mass is 316 g/mol. The fourth-order valence-corrected chi connectivity index (χ4v) is 2.52. The standard InChI is InChI=1S/C11H10Cl2N4OS/c1-18-10-6(2-7(12)3-8(10)13)4-15-17-11-16-9(14)5-19-11/h2-5H,14H2,1H3,(H,16,17). The highest BCUT2D eigenvalue weighted by Crippen LogP contribution is 2.31. The van der Waals surface area contributed by atoms with Gasteiger partial charge in [-0.05, 0) is 12.1 Å². The second-order valence-electron chi connectivity index (χ2n) is 3.46. The van der Waals surface area contributed by atoms with E-state index in [1.165, 1.54) is 18.4 Å². The van der Waals surface area contributed by atoms with Gasteiger partial charge in [0.2, 0.25) is 5.13 Å². The average molecular weight is 317 g/mol. The number of nitrogen functional groups attached to an aromatic ring is 1. The molecule has 1 aromatic carbocycles. The van der Waals surface area contributed by atoms with Gasteiger partial charge in [-0.25, -0.2) is 4.98 Å². The van der Waals surface area contributed by atoms with Crippen LogP contribution in [0.25, 0.3) is 0 Å². The zero-order chi connectivity index (χ0) is 13.8. The van der Waals surface area contributed by atoms with Gasteiger partial charge in [0.1, 0.15) is 11.6 Å². The number of nitrogens with zero attached hydrogens (tertiary/aromatic N) is 2. The number of hydrazone groups is 1. The lowest BCUT2D eigenvalue weighted by molar-refractivity contribution is 0.414.